The van der Waals surface area contributed by atoms with E-state index >= 15 is 0 Å². The minimum Gasteiger partial charge on any atom is -0.378 e. The molecule has 0 aliphatic carbocycles. The number of morpholine rings is 1. The van der Waals surface area contributed by atoms with Gasteiger partial charge in [-0.2, -0.15) is 0 Å². The van der Waals surface area contributed by atoms with Crippen molar-refractivity contribution in [3.8, 4) is 0 Å². The number of hydrogen-bond donors (Lipinski definition) is 1. The van der Waals surface area contributed by atoms with Crippen LogP contribution in [0.15, 0.2) is 54.6 Å². The van der Waals surface area contributed by atoms with Gasteiger partial charge in [-0.05, 0) is 24.3 Å². The van der Waals surface area contributed by atoms with Crippen molar-refractivity contribution in [1.29, 1.82) is 0 Å². The summed E-state index contributed by atoms with van der Waals surface area (Å²) in [5.74, 6) is -0.472. The predicted molar refractivity (Wildman–Crippen MR) is 105 cm³/mol. The van der Waals surface area contributed by atoms with Crippen molar-refractivity contribution in [3.63, 3.8) is 0 Å². The van der Waals surface area contributed by atoms with Gasteiger partial charge in [-0.1, -0.05) is 30.3 Å². The van der Waals surface area contributed by atoms with E-state index in [1.807, 2.05) is 54.6 Å². The van der Waals surface area contributed by atoms with Crippen LogP contribution in [0.5, 0.6) is 0 Å². The number of para-hydroxylation sites is 3. The topological polar surface area (TPSA) is 61.9 Å². The largest absolute Gasteiger partial charge is 0.378 e. The minimum absolute atomic E-state index is 0.0113. The molecule has 1 N–H and O–H groups in total. The Morgan fingerprint density at radius 1 is 1.00 bits per heavy atom. The van der Waals surface area contributed by atoms with Crippen molar-refractivity contribution < 1.29 is 14.3 Å². The van der Waals surface area contributed by atoms with Crippen molar-refractivity contribution in [1.82, 2.24) is 0 Å². The number of ether oxygens (including phenoxy) is 1. The number of carbonyl (C=O) groups is 2. The van der Waals surface area contributed by atoms with Gasteiger partial charge in [-0.25, -0.2) is 0 Å². The first-order valence-electron chi connectivity index (χ1n) is 9.30. The van der Waals surface area contributed by atoms with Gasteiger partial charge in [0.2, 0.25) is 11.8 Å². The zero-order valence-electron chi connectivity index (χ0n) is 15.1. The number of carbonyl (C=O) groups excluding carboxylic acids is 2. The average molecular weight is 365 g/mol. The van der Waals surface area contributed by atoms with Gasteiger partial charge < -0.3 is 19.9 Å². The molecule has 4 rings (SSSR count). The van der Waals surface area contributed by atoms with Gasteiger partial charge in [-0.3, -0.25) is 9.59 Å². The van der Waals surface area contributed by atoms with Crippen LogP contribution < -0.4 is 15.1 Å². The molecule has 0 spiro atoms. The molecule has 2 aliphatic heterocycles. The van der Waals surface area contributed by atoms with Crippen LogP contribution in [0.25, 0.3) is 0 Å². The third kappa shape index (κ3) is 3.80. The summed E-state index contributed by atoms with van der Waals surface area (Å²) in [6.07, 6.45) is 0.237. The van der Waals surface area contributed by atoms with Gasteiger partial charge in [0.15, 0.2) is 0 Å². The molecule has 140 valence electrons. The molecule has 1 unspecified atom stereocenters. The molecule has 2 aromatic rings. The Morgan fingerprint density at radius 2 is 1.70 bits per heavy atom. The van der Waals surface area contributed by atoms with E-state index in [9.17, 15) is 9.59 Å². The van der Waals surface area contributed by atoms with Crippen LogP contribution in [0.4, 0.5) is 17.1 Å². The summed E-state index contributed by atoms with van der Waals surface area (Å²) in [7, 11) is 0. The number of nitrogens with zero attached hydrogens (tertiary/aromatic N) is 2. The zero-order valence-corrected chi connectivity index (χ0v) is 15.1. The van der Waals surface area contributed by atoms with Crippen LogP contribution in [0.1, 0.15) is 6.42 Å². The summed E-state index contributed by atoms with van der Waals surface area (Å²) in [4.78, 5) is 29.1. The van der Waals surface area contributed by atoms with Gasteiger partial charge >= 0.3 is 0 Å². The SMILES string of the molecule is O=C(Nc1ccccc1N1CCOCC1)C1CC(=O)N(c2ccccc2)C1. The molecule has 27 heavy (non-hydrogen) atoms. The van der Waals surface area contributed by atoms with Gasteiger partial charge in [-0.15, -0.1) is 0 Å². The number of benzene rings is 2. The van der Waals surface area contributed by atoms with E-state index in [2.05, 4.69) is 10.2 Å². The monoisotopic (exact) mass is 365 g/mol. The number of nitrogens with one attached hydrogen (secondary N) is 1. The fourth-order valence-electron chi connectivity index (χ4n) is 3.63. The third-order valence-corrected chi connectivity index (χ3v) is 5.08. The number of hydrogen-bond acceptors (Lipinski definition) is 4. The lowest BCUT2D eigenvalue weighted by molar-refractivity contribution is -0.122. The van der Waals surface area contributed by atoms with Gasteiger partial charge in [0, 0.05) is 31.7 Å². The number of rotatable bonds is 4. The Hall–Kier alpha value is -2.86. The Bertz CT molecular complexity index is 818. The first kappa shape index (κ1) is 17.5. The van der Waals surface area contributed by atoms with Crippen LogP contribution in [0, 0.1) is 5.92 Å². The Balaban J connectivity index is 1.46. The summed E-state index contributed by atoms with van der Waals surface area (Å²) in [6, 6.07) is 17.3. The lowest BCUT2D eigenvalue weighted by atomic mass is 10.1. The predicted octanol–water partition coefficient (Wildman–Crippen LogP) is 2.51. The second-order valence-corrected chi connectivity index (χ2v) is 6.85. The average Bonchev–Trinajstić information content (AvgIpc) is 3.12. The summed E-state index contributed by atoms with van der Waals surface area (Å²) in [5, 5.41) is 3.04. The minimum atomic E-state index is -0.351. The van der Waals surface area contributed by atoms with Gasteiger partial charge in [0.1, 0.15) is 0 Å². The Labute approximate surface area is 158 Å². The molecule has 2 saturated heterocycles. The maximum atomic E-state index is 12.8. The molecule has 2 amide bonds. The molecule has 2 aromatic carbocycles. The molecule has 2 heterocycles. The lowest BCUT2D eigenvalue weighted by Gasteiger charge is -2.30. The fourth-order valence-corrected chi connectivity index (χ4v) is 3.63. The van der Waals surface area contributed by atoms with E-state index in [4.69, 9.17) is 4.74 Å². The first-order chi connectivity index (χ1) is 13.2. The van der Waals surface area contributed by atoms with Crippen LogP contribution in [-0.2, 0) is 14.3 Å². The Kier molecular flexibility index (Phi) is 5.07. The highest BCUT2D eigenvalue weighted by molar-refractivity contribution is 6.04. The van der Waals surface area contributed by atoms with E-state index in [-0.39, 0.29) is 24.2 Å². The Morgan fingerprint density at radius 3 is 2.48 bits per heavy atom. The van der Waals surface area contributed by atoms with Crippen molar-refractivity contribution in [3.05, 3.63) is 54.6 Å². The van der Waals surface area contributed by atoms with E-state index in [1.54, 1.807) is 4.90 Å². The smallest absolute Gasteiger partial charge is 0.229 e. The van der Waals surface area contributed by atoms with Crippen LogP contribution in [0.2, 0.25) is 0 Å². The fraction of sp³-hybridized carbons (Fsp3) is 0.333. The van der Waals surface area contributed by atoms with E-state index in [0.29, 0.717) is 19.8 Å². The first-order valence-corrected chi connectivity index (χ1v) is 9.30. The summed E-state index contributed by atoms with van der Waals surface area (Å²) in [5.41, 5.74) is 2.62. The van der Waals surface area contributed by atoms with E-state index in [0.717, 1.165) is 30.2 Å². The van der Waals surface area contributed by atoms with Gasteiger partial charge in [0.25, 0.3) is 0 Å². The second-order valence-electron chi connectivity index (χ2n) is 6.85. The molecule has 6 heteroatoms. The quantitative estimate of drug-likeness (QED) is 0.904. The highest BCUT2D eigenvalue weighted by atomic mass is 16.5. The normalized spacial score (nSPS) is 20.0. The zero-order chi connectivity index (χ0) is 18.6. The van der Waals surface area contributed by atoms with Crippen molar-refractivity contribution in [2.24, 2.45) is 5.92 Å². The molecule has 0 saturated carbocycles. The molecule has 2 fully saturated rings. The molecule has 2 aliphatic rings. The second kappa shape index (κ2) is 7.80. The van der Waals surface area contributed by atoms with E-state index < -0.39 is 0 Å². The highest BCUT2D eigenvalue weighted by Gasteiger charge is 2.35. The van der Waals surface area contributed by atoms with Crippen molar-refractivity contribution >= 4 is 28.9 Å². The summed E-state index contributed by atoms with van der Waals surface area (Å²) >= 11 is 0. The third-order valence-electron chi connectivity index (χ3n) is 5.08. The highest BCUT2D eigenvalue weighted by Crippen LogP contribution is 2.29. The lowest BCUT2D eigenvalue weighted by Crippen LogP contribution is -2.37. The van der Waals surface area contributed by atoms with Crippen LogP contribution >= 0.6 is 0 Å². The summed E-state index contributed by atoms with van der Waals surface area (Å²) in [6.45, 7) is 3.39. The van der Waals surface area contributed by atoms with Crippen molar-refractivity contribution in [2.75, 3.05) is 48.0 Å². The van der Waals surface area contributed by atoms with Crippen LogP contribution in [0.3, 0.4) is 0 Å². The standard InChI is InChI=1S/C21H23N3O3/c25-20-14-16(15-24(20)17-6-2-1-3-7-17)21(26)22-18-8-4-5-9-19(18)23-10-12-27-13-11-23/h1-9,16H,10-15H2,(H,22,26). The molecule has 0 bridgehead atoms. The van der Waals surface area contributed by atoms with Crippen molar-refractivity contribution in [2.45, 2.75) is 6.42 Å². The molecule has 0 aromatic heterocycles. The van der Waals surface area contributed by atoms with Crippen LogP contribution in [-0.4, -0.2) is 44.7 Å². The molecule has 1 atom stereocenters. The number of anilines is 3. The summed E-state index contributed by atoms with van der Waals surface area (Å²) < 4.78 is 5.42. The molecular weight excluding hydrogens is 342 g/mol. The molecule has 0 radical (unpaired) electrons. The molecule has 6 nitrogen and oxygen atoms in total. The maximum absolute atomic E-state index is 12.8. The molecular formula is C21H23N3O3. The van der Waals surface area contributed by atoms with E-state index in [1.165, 1.54) is 0 Å². The number of amides is 2. The maximum Gasteiger partial charge on any atom is 0.229 e. The van der Waals surface area contributed by atoms with Gasteiger partial charge in [0.05, 0.1) is 30.5 Å².